The number of nitrogens with two attached hydrogens (primary N) is 1. The van der Waals surface area contributed by atoms with Crippen LogP contribution in [0.3, 0.4) is 0 Å². The maximum absolute atomic E-state index is 13.4. The van der Waals surface area contributed by atoms with E-state index in [1.807, 2.05) is 0 Å². The Balaban J connectivity index is 2.34. The van der Waals surface area contributed by atoms with Crippen molar-refractivity contribution in [3.63, 3.8) is 0 Å². The number of benzene rings is 1. The van der Waals surface area contributed by atoms with Crippen LogP contribution < -0.4 is 10.5 Å². The molecule has 0 radical (unpaired) electrons. The normalized spacial score (nSPS) is 16.9. The van der Waals surface area contributed by atoms with Crippen LogP contribution in [0, 0.1) is 23.1 Å². The van der Waals surface area contributed by atoms with E-state index in [4.69, 9.17) is 11.0 Å². The van der Waals surface area contributed by atoms with Gasteiger partial charge >= 0.3 is 0 Å². The van der Waals surface area contributed by atoms with E-state index in [0.717, 1.165) is 18.9 Å². The number of nitriles is 1. The Morgan fingerprint density at radius 3 is 2.74 bits per heavy atom. The van der Waals surface area contributed by atoms with Crippen molar-refractivity contribution in [1.29, 1.82) is 5.26 Å². The molecule has 0 saturated heterocycles. The molecule has 1 fully saturated rings. The molecule has 19 heavy (non-hydrogen) atoms. The van der Waals surface area contributed by atoms with Gasteiger partial charge in [0.2, 0.25) is 10.0 Å². The monoisotopic (exact) mass is 283 g/mol. The van der Waals surface area contributed by atoms with Crippen LogP contribution in [-0.2, 0) is 10.0 Å². The fraction of sp³-hybridized carbons (Fsp3) is 0.417. The van der Waals surface area contributed by atoms with E-state index < -0.39 is 21.4 Å². The average molecular weight is 283 g/mol. The maximum Gasteiger partial charge on any atom is 0.242 e. The molecule has 1 unspecified atom stereocenters. The summed E-state index contributed by atoms with van der Waals surface area (Å²) in [5, 5.41) is 8.87. The van der Waals surface area contributed by atoms with Gasteiger partial charge in [-0.1, -0.05) is 6.07 Å². The zero-order valence-corrected chi connectivity index (χ0v) is 11.0. The third-order valence-electron chi connectivity index (χ3n) is 3.13. The summed E-state index contributed by atoms with van der Waals surface area (Å²) < 4.78 is 40.2. The lowest BCUT2D eigenvalue weighted by atomic mass is 10.2. The number of halogens is 1. The number of rotatable bonds is 5. The van der Waals surface area contributed by atoms with E-state index >= 15 is 0 Å². The highest BCUT2D eigenvalue weighted by Gasteiger charge is 2.34. The lowest BCUT2D eigenvalue weighted by Gasteiger charge is -2.16. The lowest BCUT2D eigenvalue weighted by Crippen LogP contribution is -2.41. The SMILES string of the molecule is N#Cc1c(F)cccc1S(=O)(=O)NC(CN)C1CC1. The topological polar surface area (TPSA) is 96.0 Å². The molecule has 7 heteroatoms. The Kier molecular flexibility index (Phi) is 3.85. The number of sulfonamides is 1. The molecule has 1 aliphatic rings. The molecule has 1 atom stereocenters. The zero-order chi connectivity index (χ0) is 14.0. The first-order valence-corrected chi connectivity index (χ1v) is 7.39. The van der Waals surface area contributed by atoms with Gasteiger partial charge in [-0.2, -0.15) is 5.26 Å². The van der Waals surface area contributed by atoms with Crippen molar-refractivity contribution in [2.75, 3.05) is 6.54 Å². The smallest absolute Gasteiger partial charge is 0.242 e. The molecule has 0 amide bonds. The fourth-order valence-electron chi connectivity index (χ4n) is 1.93. The molecule has 0 aromatic heterocycles. The first kappa shape index (κ1) is 13.9. The van der Waals surface area contributed by atoms with Crippen LogP contribution in [0.5, 0.6) is 0 Å². The minimum absolute atomic E-state index is 0.182. The minimum atomic E-state index is -3.93. The molecule has 0 bridgehead atoms. The van der Waals surface area contributed by atoms with Gasteiger partial charge in [0.05, 0.1) is 0 Å². The fourth-order valence-corrected chi connectivity index (χ4v) is 3.42. The summed E-state index contributed by atoms with van der Waals surface area (Å²) in [7, 11) is -3.93. The predicted molar refractivity (Wildman–Crippen MR) is 67.0 cm³/mol. The molecule has 1 saturated carbocycles. The first-order valence-electron chi connectivity index (χ1n) is 5.90. The molecule has 2 rings (SSSR count). The summed E-state index contributed by atoms with van der Waals surface area (Å²) in [5.74, 6) is -0.611. The lowest BCUT2D eigenvalue weighted by molar-refractivity contribution is 0.518. The van der Waals surface area contributed by atoms with Gasteiger partial charge in [0, 0.05) is 12.6 Å². The van der Waals surface area contributed by atoms with Crippen molar-refractivity contribution in [3.8, 4) is 6.07 Å². The van der Waals surface area contributed by atoms with Crippen LogP contribution in [0.2, 0.25) is 0 Å². The van der Waals surface area contributed by atoms with Crippen LogP contribution in [0.15, 0.2) is 23.1 Å². The second-order valence-corrected chi connectivity index (χ2v) is 6.21. The van der Waals surface area contributed by atoms with Gasteiger partial charge < -0.3 is 5.73 Å². The van der Waals surface area contributed by atoms with E-state index in [1.165, 1.54) is 12.1 Å². The molecular formula is C12H14FN3O2S. The summed E-state index contributed by atoms with van der Waals surface area (Å²) >= 11 is 0. The third-order valence-corrected chi connectivity index (χ3v) is 4.66. The standard InChI is InChI=1S/C12H14FN3O2S/c13-10-2-1-3-12(9(10)6-14)19(17,18)16-11(7-15)8-4-5-8/h1-3,8,11,16H,4-5,7,15H2. The maximum atomic E-state index is 13.4. The van der Waals surface area contributed by atoms with E-state index in [9.17, 15) is 12.8 Å². The van der Waals surface area contributed by atoms with Crippen LogP contribution in [-0.4, -0.2) is 21.0 Å². The van der Waals surface area contributed by atoms with E-state index in [1.54, 1.807) is 6.07 Å². The Labute approximate surface area is 111 Å². The largest absolute Gasteiger partial charge is 0.329 e. The summed E-state index contributed by atoms with van der Waals surface area (Å²) in [6, 6.07) is 4.75. The molecule has 1 aromatic rings. The summed E-state index contributed by atoms with van der Waals surface area (Å²) in [5.41, 5.74) is 5.06. The van der Waals surface area contributed by atoms with E-state index in [0.29, 0.717) is 0 Å². The summed E-state index contributed by atoms with van der Waals surface area (Å²) in [6.07, 6.45) is 1.86. The van der Waals surface area contributed by atoms with Gasteiger partial charge in [0.15, 0.2) is 0 Å². The second kappa shape index (κ2) is 5.25. The first-order chi connectivity index (χ1) is 8.99. The Morgan fingerprint density at radius 2 is 2.21 bits per heavy atom. The highest BCUT2D eigenvalue weighted by atomic mass is 32.2. The van der Waals surface area contributed by atoms with E-state index in [-0.39, 0.29) is 23.4 Å². The molecule has 3 N–H and O–H groups in total. The van der Waals surface area contributed by atoms with Crippen molar-refractivity contribution in [2.45, 2.75) is 23.8 Å². The van der Waals surface area contributed by atoms with Crippen LogP contribution in [0.1, 0.15) is 18.4 Å². The van der Waals surface area contributed by atoms with Crippen molar-refractivity contribution in [2.24, 2.45) is 11.7 Å². The van der Waals surface area contributed by atoms with Gasteiger partial charge in [-0.15, -0.1) is 0 Å². The molecule has 0 spiro atoms. The van der Waals surface area contributed by atoms with Gasteiger partial charge in [-0.3, -0.25) is 0 Å². The third kappa shape index (κ3) is 2.92. The predicted octanol–water partition coefficient (Wildman–Crippen LogP) is 0.713. The molecule has 0 heterocycles. The van der Waals surface area contributed by atoms with Gasteiger partial charge in [-0.05, 0) is 30.9 Å². The number of hydrogen-bond donors (Lipinski definition) is 2. The number of hydrogen-bond acceptors (Lipinski definition) is 4. The Morgan fingerprint density at radius 1 is 1.53 bits per heavy atom. The molecule has 0 aliphatic heterocycles. The van der Waals surface area contributed by atoms with E-state index in [2.05, 4.69) is 4.72 Å². The molecule has 5 nitrogen and oxygen atoms in total. The highest BCUT2D eigenvalue weighted by Crippen LogP contribution is 2.33. The van der Waals surface area contributed by atoms with Crippen molar-refractivity contribution in [1.82, 2.24) is 4.72 Å². The highest BCUT2D eigenvalue weighted by molar-refractivity contribution is 7.89. The quantitative estimate of drug-likeness (QED) is 0.832. The zero-order valence-electron chi connectivity index (χ0n) is 10.1. The number of nitrogens with zero attached hydrogens (tertiary/aromatic N) is 1. The number of nitrogens with one attached hydrogen (secondary N) is 1. The average Bonchev–Trinajstić information content (AvgIpc) is 3.20. The van der Waals surface area contributed by atoms with Gasteiger partial charge in [0.25, 0.3) is 0 Å². The summed E-state index contributed by atoms with van der Waals surface area (Å²) in [4.78, 5) is -0.339. The van der Waals surface area contributed by atoms with Crippen molar-refractivity contribution >= 4 is 10.0 Å². The summed E-state index contributed by atoms with van der Waals surface area (Å²) in [6.45, 7) is 0.182. The second-order valence-electron chi connectivity index (χ2n) is 4.53. The van der Waals surface area contributed by atoms with Crippen LogP contribution in [0.25, 0.3) is 0 Å². The van der Waals surface area contributed by atoms with Gasteiger partial charge in [0.1, 0.15) is 22.3 Å². The molecule has 102 valence electrons. The molecule has 1 aromatic carbocycles. The Hall–Kier alpha value is -1.49. The molecule has 1 aliphatic carbocycles. The molecular weight excluding hydrogens is 269 g/mol. The van der Waals surface area contributed by atoms with Gasteiger partial charge in [-0.25, -0.2) is 17.5 Å². The van der Waals surface area contributed by atoms with Crippen LogP contribution >= 0.6 is 0 Å². The van der Waals surface area contributed by atoms with Crippen molar-refractivity contribution < 1.29 is 12.8 Å². The Bertz CT molecular complexity index is 620. The van der Waals surface area contributed by atoms with Crippen LogP contribution in [0.4, 0.5) is 4.39 Å². The van der Waals surface area contributed by atoms with Crippen molar-refractivity contribution in [3.05, 3.63) is 29.6 Å². The minimum Gasteiger partial charge on any atom is -0.329 e.